The summed E-state index contributed by atoms with van der Waals surface area (Å²) in [5.74, 6) is -0.254. The van der Waals surface area contributed by atoms with Crippen molar-refractivity contribution in [3.8, 4) is 5.75 Å². The molecule has 134 valence electrons. The molecular weight excluding hydrogens is 347 g/mol. The number of halogens is 1. The molecule has 1 saturated carbocycles. The number of carbonyl (C=O) groups is 1. The van der Waals surface area contributed by atoms with Crippen LogP contribution in [-0.2, 0) is 11.3 Å². The molecule has 3 rings (SSSR count). The van der Waals surface area contributed by atoms with Gasteiger partial charge in [0.15, 0.2) is 16.7 Å². The van der Waals surface area contributed by atoms with Gasteiger partial charge in [-0.2, -0.15) is 0 Å². The average molecular weight is 366 g/mol. The number of nitrogens with one attached hydrogen (secondary N) is 1. The highest BCUT2D eigenvalue weighted by Crippen LogP contribution is 2.36. The third kappa shape index (κ3) is 4.04. The summed E-state index contributed by atoms with van der Waals surface area (Å²) in [6, 6.07) is 4.81. The van der Waals surface area contributed by atoms with Crippen molar-refractivity contribution in [1.29, 1.82) is 0 Å². The number of rotatable bonds is 7. The molecule has 1 aromatic heterocycles. The van der Waals surface area contributed by atoms with Gasteiger partial charge in [0.05, 0.1) is 12.9 Å². The summed E-state index contributed by atoms with van der Waals surface area (Å²) >= 11 is 1.23. The molecule has 7 nitrogen and oxygen atoms in total. The summed E-state index contributed by atoms with van der Waals surface area (Å²) in [5.41, 5.74) is 0.438. The van der Waals surface area contributed by atoms with Crippen molar-refractivity contribution in [2.24, 2.45) is 0 Å². The molecule has 0 aliphatic heterocycles. The monoisotopic (exact) mass is 366 g/mol. The number of H-pyrrole nitrogens is 1. The number of aromatic amines is 1. The Labute approximate surface area is 148 Å². The first-order chi connectivity index (χ1) is 12.0. The van der Waals surface area contributed by atoms with Crippen LogP contribution in [0.4, 0.5) is 4.39 Å². The lowest BCUT2D eigenvalue weighted by Crippen LogP contribution is -2.28. The van der Waals surface area contributed by atoms with Crippen molar-refractivity contribution in [2.75, 3.05) is 19.9 Å². The Balaban J connectivity index is 1.58. The normalized spacial score (nSPS) is 13.7. The topological polar surface area (TPSA) is 80.2 Å². The number of nitrogens with zero attached hydrogens (tertiary/aromatic N) is 3. The number of methoxy groups -OCH3 is 1. The molecule has 0 spiro atoms. The van der Waals surface area contributed by atoms with Crippen molar-refractivity contribution < 1.29 is 13.9 Å². The third-order valence-electron chi connectivity index (χ3n) is 3.97. The first kappa shape index (κ1) is 17.5. The number of aromatic nitrogens is 3. The third-order valence-corrected chi connectivity index (χ3v) is 4.91. The van der Waals surface area contributed by atoms with Gasteiger partial charge in [0.25, 0.3) is 0 Å². The zero-order valence-electron chi connectivity index (χ0n) is 14.0. The van der Waals surface area contributed by atoms with E-state index in [2.05, 4.69) is 10.2 Å². The molecular formula is C16H19FN4O3S. The molecule has 1 aromatic carbocycles. The quantitative estimate of drug-likeness (QED) is 0.756. The van der Waals surface area contributed by atoms with Crippen LogP contribution in [0.5, 0.6) is 5.75 Å². The molecule has 1 N–H and O–H groups in total. The number of ether oxygens (including phenoxy) is 1. The van der Waals surface area contributed by atoms with E-state index in [1.165, 1.54) is 35.9 Å². The lowest BCUT2D eigenvalue weighted by Gasteiger charge is -2.17. The van der Waals surface area contributed by atoms with Crippen LogP contribution in [0.2, 0.25) is 0 Å². The minimum absolute atomic E-state index is 0.126. The van der Waals surface area contributed by atoms with Gasteiger partial charge in [-0.3, -0.25) is 9.36 Å². The maximum Gasteiger partial charge on any atom is 0.344 e. The molecule has 2 aromatic rings. The summed E-state index contributed by atoms with van der Waals surface area (Å²) < 4.78 is 20.2. The molecule has 1 aliphatic carbocycles. The van der Waals surface area contributed by atoms with E-state index < -0.39 is 5.82 Å². The average Bonchev–Trinajstić information content (AvgIpc) is 3.35. The first-order valence-corrected chi connectivity index (χ1v) is 8.84. The van der Waals surface area contributed by atoms with Crippen LogP contribution in [0.25, 0.3) is 0 Å². The molecule has 0 atom stereocenters. The van der Waals surface area contributed by atoms with Crippen LogP contribution >= 0.6 is 11.8 Å². The van der Waals surface area contributed by atoms with Crippen LogP contribution in [0.3, 0.4) is 0 Å². The van der Waals surface area contributed by atoms with Gasteiger partial charge >= 0.3 is 5.69 Å². The minimum atomic E-state index is -0.458. The van der Waals surface area contributed by atoms with E-state index in [-0.39, 0.29) is 35.7 Å². The van der Waals surface area contributed by atoms with E-state index in [0.29, 0.717) is 10.7 Å². The standard InChI is InChI=1S/C16H19FN4O3S/c1-20(8-10-3-6-13(24-2)12(17)7-10)14(22)9-25-16-19-18-15(23)21(16)11-4-5-11/h3,6-7,11H,4-5,8-9H2,1-2H3,(H,18,23). The maximum atomic E-state index is 13.7. The largest absolute Gasteiger partial charge is 0.494 e. The van der Waals surface area contributed by atoms with Gasteiger partial charge < -0.3 is 9.64 Å². The van der Waals surface area contributed by atoms with Crippen molar-refractivity contribution >= 4 is 17.7 Å². The summed E-state index contributed by atoms with van der Waals surface area (Å²) in [7, 11) is 3.06. The highest BCUT2D eigenvalue weighted by atomic mass is 32.2. The zero-order chi connectivity index (χ0) is 18.0. The predicted octanol–water partition coefficient (Wildman–Crippen LogP) is 1.80. The number of amides is 1. The van der Waals surface area contributed by atoms with E-state index in [1.54, 1.807) is 17.7 Å². The van der Waals surface area contributed by atoms with Gasteiger partial charge in [-0.1, -0.05) is 17.8 Å². The van der Waals surface area contributed by atoms with E-state index in [0.717, 1.165) is 12.8 Å². The Morgan fingerprint density at radius 1 is 1.52 bits per heavy atom. The van der Waals surface area contributed by atoms with Gasteiger partial charge in [0, 0.05) is 19.6 Å². The SMILES string of the molecule is COc1ccc(CN(C)C(=O)CSc2n[nH]c(=O)n2C2CC2)cc1F. The second-order valence-corrected chi connectivity index (χ2v) is 6.86. The summed E-state index contributed by atoms with van der Waals surface area (Å²) in [6.45, 7) is 0.288. The highest BCUT2D eigenvalue weighted by molar-refractivity contribution is 7.99. The molecule has 1 aliphatic rings. The fourth-order valence-corrected chi connectivity index (χ4v) is 3.41. The fraction of sp³-hybridized carbons (Fsp3) is 0.438. The number of benzene rings is 1. The van der Waals surface area contributed by atoms with Gasteiger partial charge in [-0.05, 0) is 30.5 Å². The molecule has 0 bridgehead atoms. The Morgan fingerprint density at radius 2 is 2.28 bits per heavy atom. The van der Waals surface area contributed by atoms with Crippen molar-refractivity contribution in [1.82, 2.24) is 19.7 Å². The summed E-state index contributed by atoms with van der Waals surface area (Å²) in [4.78, 5) is 25.5. The van der Waals surface area contributed by atoms with Crippen LogP contribution in [0, 0.1) is 5.82 Å². The molecule has 1 fully saturated rings. The Morgan fingerprint density at radius 3 is 2.92 bits per heavy atom. The lowest BCUT2D eigenvalue weighted by molar-refractivity contribution is -0.127. The maximum absolute atomic E-state index is 13.7. The number of hydrogen-bond donors (Lipinski definition) is 1. The minimum Gasteiger partial charge on any atom is -0.494 e. The van der Waals surface area contributed by atoms with Crippen molar-refractivity contribution in [3.05, 3.63) is 40.1 Å². The molecule has 0 radical (unpaired) electrons. The zero-order valence-corrected chi connectivity index (χ0v) is 14.8. The predicted molar refractivity (Wildman–Crippen MR) is 91.3 cm³/mol. The van der Waals surface area contributed by atoms with Gasteiger partial charge in [0.2, 0.25) is 5.91 Å². The molecule has 25 heavy (non-hydrogen) atoms. The molecule has 0 unspecified atom stereocenters. The fourth-order valence-electron chi connectivity index (χ4n) is 2.45. The van der Waals surface area contributed by atoms with Gasteiger partial charge in [-0.25, -0.2) is 14.3 Å². The van der Waals surface area contributed by atoms with Gasteiger partial charge in [-0.15, -0.1) is 5.10 Å². The van der Waals surface area contributed by atoms with E-state index in [9.17, 15) is 14.0 Å². The first-order valence-electron chi connectivity index (χ1n) is 7.85. The van der Waals surface area contributed by atoms with Crippen LogP contribution < -0.4 is 10.4 Å². The summed E-state index contributed by atoms with van der Waals surface area (Å²) in [5, 5.41) is 6.94. The van der Waals surface area contributed by atoms with Gasteiger partial charge in [0.1, 0.15) is 0 Å². The van der Waals surface area contributed by atoms with Crippen LogP contribution in [-0.4, -0.2) is 45.5 Å². The second-order valence-electron chi connectivity index (χ2n) is 5.92. The Hall–Kier alpha value is -2.29. The van der Waals surface area contributed by atoms with Crippen molar-refractivity contribution in [2.45, 2.75) is 30.6 Å². The van der Waals surface area contributed by atoms with Crippen molar-refractivity contribution in [3.63, 3.8) is 0 Å². The smallest absolute Gasteiger partial charge is 0.344 e. The molecule has 0 saturated heterocycles. The molecule has 1 amide bonds. The Kier molecular flexibility index (Phi) is 5.12. The van der Waals surface area contributed by atoms with Crippen LogP contribution in [0.15, 0.2) is 28.2 Å². The summed E-state index contributed by atoms with van der Waals surface area (Å²) in [6.07, 6.45) is 1.92. The van der Waals surface area contributed by atoms with E-state index in [1.807, 2.05) is 0 Å². The Bertz CT molecular complexity index is 831. The number of thioether (sulfide) groups is 1. The number of carbonyl (C=O) groups excluding carboxylic acids is 1. The molecule has 9 heteroatoms. The van der Waals surface area contributed by atoms with E-state index >= 15 is 0 Å². The van der Waals surface area contributed by atoms with E-state index in [4.69, 9.17) is 4.74 Å². The van der Waals surface area contributed by atoms with Crippen LogP contribution in [0.1, 0.15) is 24.4 Å². The lowest BCUT2D eigenvalue weighted by atomic mass is 10.2. The highest BCUT2D eigenvalue weighted by Gasteiger charge is 2.28. The number of hydrogen-bond acceptors (Lipinski definition) is 5. The second kappa shape index (κ2) is 7.30. The molecule has 1 heterocycles.